The number of aromatic nitrogens is 2. The Balaban J connectivity index is 0.000000247. The van der Waals surface area contributed by atoms with Crippen molar-refractivity contribution in [2.45, 2.75) is 33.1 Å². The third-order valence-electron chi connectivity index (χ3n) is 7.34. The molecule has 4 N–H and O–H groups in total. The van der Waals surface area contributed by atoms with Crippen molar-refractivity contribution >= 4 is 17.5 Å². The summed E-state index contributed by atoms with van der Waals surface area (Å²) in [5.74, 6) is -0.183. The minimum absolute atomic E-state index is 0.307. The first-order valence-corrected chi connectivity index (χ1v) is 14.4. The highest BCUT2D eigenvalue weighted by molar-refractivity contribution is 5.88. The van der Waals surface area contributed by atoms with Gasteiger partial charge in [0.25, 0.3) is 0 Å². The molecule has 2 amide bonds. The highest BCUT2D eigenvalue weighted by Gasteiger charge is 2.24. The first-order valence-electron chi connectivity index (χ1n) is 14.4. The third kappa shape index (κ3) is 9.90. The number of nitrogens with two attached hydrogens (primary N) is 1. The van der Waals surface area contributed by atoms with Gasteiger partial charge in [-0.15, -0.1) is 5.10 Å². The molecule has 2 aliphatic rings. The molecule has 1 aromatic carbocycles. The SMILES string of the molecule is C/C=C\C=C(/C)n1nc(OCCN2CCNCC2)c(C)c1NC(N)=O.COCCN1CCC(c2ccc(F)c(F)c2)C1. The fourth-order valence-corrected chi connectivity index (χ4v) is 4.94. The van der Waals surface area contributed by atoms with Crippen LogP contribution < -0.4 is 21.1 Å². The van der Waals surface area contributed by atoms with Crippen LogP contribution in [0.3, 0.4) is 0 Å². The second-order valence-electron chi connectivity index (χ2n) is 10.4. The monoisotopic (exact) mass is 589 g/mol. The van der Waals surface area contributed by atoms with Crippen LogP contribution in [0.4, 0.5) is 19.4 Å². The van der Waals surface area contributed by atoms with Gasteiger partial charge in [0.15, 0.2) is 11.6 Å². The average Bonchev–Trinajstić information content (AvgIpc) is 3.58. The summed E-state index contributed by atoms with van der Waals surface area (Å²) >= 11 is 0. The van der Waals surface area contributed by atoms with Crippen molar-refractivity contribution in [3.63, 3.8) is 0 Å². The second-order valence-corrected chi connectivity index (χ2v) is 10.4. The zero-order valence-corrected chi connectivity index (χ0v) is 25.2. The summed E-state index contributed by atoms with van der Waals surface area (Å²) < 4.78 is 38.5. The Hall–Kier alpha value is -3.32. The van der Waals surface area contributed by atoms with E-state index in [0.29, 0.717) is 30.8 Å². The number of benzene rings is 1. The molecule has 0 bridgehead atoms. The molecule has 0 saturated carbocycles. The number of anilines is 1. The lowest BCUT2D eigenvalue weighted by Crippen LogP contribution is -2.44. The highest BCUT2D eigenvalue weighted by Crippen LogP contribution is 2.29. The van der Waals surface area contributed by atoms with Crippen LogP contribution >= 0.6 is 0 Å². The van der Waals surface area contributed by atoms with Crippen LogP contribution in [0.25, 0.3) is 5.70 Å². The smallest absolute Gasteiger partial charge is 0.317 e. The van der Waals surface area contributed by atoms with Crippen LogP contribution in [0.2, 0.25) is 0 Å². The van der Waals surface area contributed by atoms with Gasteiger partial charge in [-0.3, -0.25) is 10.2 Å². The van der Waals surface area contributed by atoms with Gasteiger partial charge >= 0.3 is 6.03 Å². The van der Waals surface area contributed by atoms with E-state index >= 15 is 0 Å². The van der Waals surface area contributed by atoms with Gasteiger partial charge in [0.05, 0.1) is 12.2 Å². The van der Waals surface area contributed by atoms with Crippen molar-refractivity contribution in [1.82, 2.24) is 24.9 Å². The minimum atomic E-state index is -0.775. The zero-order chi connectivity index (χ0) is 30.5. The summed E-state index contributed by atoms with van der Waals surface area (Å²) in [6.45, 7) is 14.7. The van der Waals surface area contributed by atoms with E-state index in [1.54, 1.807) is 17.9 Å². The van der Waals surface area contributed by atoms with Crippen molar-refractivity contribution in [2.75, 3.05) is 78.0 Å². The molecule has 0 radical (unpaired) electrons. The van der Waals surface area contributed by atoms with Crippen LogP contribution in [-0.2, 0) is 4.74 Å². The van der Waals surface area contributed by atoms with E-state index < -0.39 is 17.7 Å². The molecule has 4 rings (SSSR count). The molecular weight excluding hydrogens is 544 g/mol. The molecule has 42 heavy (non-hydrogen) atoms. The summed E-state index contributed by atoms with van der Waals surface area (Å²) in [4.78, 5) is 16.0. The van der Waals surface area contributed by atoms with Gasteiger partial charge < -0.3 is 25.4 Å². The number of carbonyl (C=O) groups excluding carboxylic acids is 1. The average molecular weight is 590 g/mol. The van der Waals surface area contributed by atoms with Crippen LogP contribution in [0.15, 0.2) is 36.4 Å². The van der Waals surface area contributed by atoms with Crippen molar-refractivity contribution < 1.29 is 23.0 Å². The van der Waals surface area contributed by atoms with E-state index in [1.165, 1.54) is 12.1 Å². The van der Waals surface area contributed by atoms with Crippen molar-refractivity contribution in [3.8, 4) is 5.88 Å². The van der Waals surface area contributed by atoms with Gasteiger partial charge in [0, 0.05) is 58.6 Å². The summed E-state index contributed by atoms with van der Waals surface area (Å²) in [6.07, 6.45) is 6.73. The van der Waals surface area contributed by atoms with E-state index in [0.717, 1.165) is 75.6 Å². The number of hydrogen-bond donors (Lipinski definition) is 3. The minimum Gasteiger partial charge on any atom is -0.475 e. The predicted octanol–water partition coefficient (Wildman–Crippen LogP) is 3.80. The molecule has 1 unspecified atom stereocenters. The molecule has 10 nitrogen and oxygen atoms in total. The van der Waals surface area contributed by atoms with E-state index in [1.807, 2.05) is 39.0 Å². The summed E-state index contributed by atoms with van der Waals surface area (Å²) in [5.41, 5.74) is 7.79. The molecular formula is C30H45F2N7O3. The number of nitrogens with zero attached hydrogens (tertiary/aromatic N) is 4. The van der Waals surface area contributed by atoms with Crippen molar-refractivity contribution in [1.29, 1.82) is 0 Å². The fraction of sp³-hybridized carbons (Fsp3) is 0.533. The Morgan fingerprint density at radius 1 is 1.17 bits per heavy atom. The lowest BCUT2D eigenvalue weighted by Gasteiger charge is -2.26. The van der Waals surface area contributed by atoms with Crippen molar-refractivity contribution in [2.24, 2.45) is 5.73 Å². The number of piperazine rings is 1. The molecule has 12 heteroatoms. The number of amides is 2. The molecule has 1 aromatic heterocycles. The Morgan fingerprint density at radius 2 is 1.90 bits per heavy atom. The van der Waals surface area contributed by atoms with Gasteiger partial charge in [-0.2, -0.15) is 0 Å². The number of hydrogen-bond acceptors (Lipinski definition) is 7. The molecule has 0 spiro atoms. The number of likely N-dealkylation sites (tertiary alicyclic amines) is 1. The lowest BCUT2D eigenvalue weighted by molar-refractivity contribution is 0.160. The topological polar surface area (TPSA) is 110 Å². The van der Waals surface area contributed by atoms with Crippen molar-refractivity contribution in [3.05, 3.63) is 59.2 Å². The number of halogens is 2. The van der Waals surface area contributed by atoms with Gasteiger partial charge in [-0.05, 0) is 63.4 Å². The third-order valence-corrected chi connectivity index (χ3v) is 7.34. The van der Waals surface area contributed by atoms with Crippen LogP contribution in [0.1, 0.15) is 37.3 Å². The normalized spacial score (nSPS) is 18.2. The maximum Gasteiger partial charge on any atom is 0.317 e. The largest absolute Gasteiger partial charge is 0.475 e. The van der Waals surface area contributed by atoms with Crippen LogP contribution in [-0.4, -0.2) is 98.3 Å². The number of urea groups is 1. The predicted molar refractivity (Wildman–Crippen MR) is 162 cm³/mol. The fourth-order valence-electron chi connectivity index (χ4n) is 4.94. The molecule has 2 saturated heterocycles. The number of nitrogens with one attached hydrogen (secondary N) is 2. The summed E-state index contributed by atoms with van der Waals surface area (Å²) in [5, 5.41) is 10.5. The molecule has 2 aliphatic heterocycles. The molecule has 2 aromatic rings. The molecule has 1 atom stereocenters. The zero-order valence-electron chi connectivity index (χ0n) is 25.2. The Bertz CT molecular complexity index is 1210. The number of methoxy groups -OCH3 is 1. The van der Waals surface area contributed by atoms with Crippen LogP contribution in [0.5, 0.6) is 5.88 Å². The maximum atomic E-state index is 13.1. The molecule has 232 valence electrons. The first-order chi connectivity index (χ1) is 20.2. The lowest BCUT2D eigenvalue weighted by atomic mass is 9.98. The first kappa shape index (κ1) is 33.2. The maximum absolute atomic E-state index is 13.1. The summed E-state index contributed by atoms with van der Waals surface area (Å²) in [7, 11) is 1.68. The Morgan fingerprint density at radius 3 is 2.57 bits per heavy atom. The van der Waals surface area contributed by atoms with Crippen LogP contribution in [0, 0.1) is 18.6 Å². The quantitative estimate of drug-likeness (QED) is 0.342. The van der Waals surface area contributed by atoms with E-state index in [4.69, 9.17) is 15.2 Å². The van der Waals surface area contributed by atoms with E-state index in [9.17, 15) is 13.6 Å². The number of ether oxygens (including phenoxy) is 2. The molecule has 2 fully saturated rings. The Kier molecular flexibility index (Phi) is 13.4. The van der Waals surface area contributed by atoms with Gasteiger partial charge in [-0.25, -0.2) is 18.3 Å². The molecule has 0 aliphatic carbocycles. The summed E-state index contributed by atoms with van der Waals surface area (Å²) in [6, 6.07) is 3.58. The molecule has 3 heterocycles. The van der Waals surface area contributed by atoms with E-state index in [-0.39, 0.29) is 0 Å². The number of allylic oxidation sites excluding steroid dienone is 4. The van der Waals surface area contributed by atoms with E-state index in [2.05, 4.69) is 25.5 Å². The second kappa shape index (κ2) is 17.0. The Labute approximate surface area is 247 Å². The van der Waals surface area contributed by atoms with Gasteiger partial charge in [0.2, 0.25) is 5.88 Å². The number of rotatable bonds is 11. The van der Waals surface area contributed by atoms with Gasteiger partial charge in [-0.1, -0.05) is 18.2 Å². The number of carbonyl (C=O) groups is 1. The standard InChI is InChI=1S/C17H28N6O2.C13H17F2NO/c1-4-5-6-13(2)23-15(20-17(18)24)14(3)16(21-23)25-12-11-22-9-7-19-8-10-22;1-17-7-6-16-5-4-11(9-16)10-2-3-12(14)13(15)8-10/h4-6,19H,7-12H2,1-3H3,(H3,18,20,24);2-3,8,11H,4-7,9H2,1H3/b5-4-,13-6+;. The number of primary amides is 1. The highest BCUT2D eigenvalue weighted by atomic mass is 19.2. The van der Waals surface area contributed by atoms with Gasteiger partial charge in [0.1, 0.15) is 12.4 Å².